The Morgan fingerprint density at radius 3 is 2.56 bits per heavy atom. The Morgan fingerprint density at radius 2 is 1.81 bits per heavy atom. The highest BCUT2D eigenvalue weighted by Crippen LogP contribution is 2.42. The van der Waals surface area contributed by atoms with Gasteiger partial charge in [-0.1, -0.05) is 36.4 Å². The van der Waals surface area contributed by atoms with E-state index in [0.29, 0.717) is 18.6 Å². The van der Waals surface area contributed by atoms with Gasteiger partial charge in [0.2, 0.25) is 0 Å². The van der Waals surface area contributed by atoms with Crippen LogP contribution in [0.15, 0.2) is 42.5 Å². The van der Waals surface area contributed by atoms with E-state index in [1.54, 1.807) is 0 Å². The second-order valence-corrected chi connectivity index (χ2v) is 8.80. The number of carbonyl (C=O) groups is 1. The van der Waals surface area contributed by atoms with E-state index in [1.807, 2.05) is 0 Å². The molecular formula is C24H28N2O. The van der Waals surface area contributed by atoms with E-state index in [2.05, 4.69) is 87.0 Å². The van der Waals surface area contributed by atoms with Crippen LogP contribution in [0.1, 0.15) is 45.2 Å². The number of ketones is 1. The molecule has 3 heteroatoms. The van der Waals surface area contributed by atoms with Crippen LogP contribution in [0.4, 0.5) is 5.69 Å². The van der Waals surface area contributed by atoms with E-state index in [0.717, 1.165) is 11.3 Å². The van der Waals surface area contributed by atoms with Gasteiger partial charge >= 0.3 is 0 Å². The summed E-state index contributed by atoms with van der Waals surface area (Å²) < 4.78 is 2.45. The van der Waals surface area contributed by atoms with E-state index in [1.165, 1.54) is 27.7 Å². The van der Waals surface area contributed by atoms with Crippen molar-refractivity contribution < 1.29 is 4.79 Å². The van der Waals surface area contributed by atoms with Gasteiger partial charge in [-0.25, -0.2) is 0 Å². The monoisotopic (exact) mass is 360 g/mol. The lowest BCUT2D eigenvalue weighted by Crippen LogP contribution is -2.23. The number of aromatic nitrogens is 1. The standard InChI is InChI=1S/C24H28N2O/c1-15-13-18(27)14-17-9-8-11-20(22(17)25-15)23-16(2)19-10-6-7-12-21(19)26(23)24(3,4)5/h6-12,15,25H,13-14H2,1-5H3/t15-/m1/s1. The molecule has 140 valence electrons. The zero-order valence-electron chi connectivity index (χ0n) is 16.9. The lowest BCUT2D eigenvalue weighted by atomic mass is 9.98. The maximum atomic E-state index is 12.3. The molecule has 2 heterocycles. The second-order valence-electron chi connectivity index (χ2n) is 8.80. The Morgan fingerprint density at radius 1 is 1.07 bits per heavy atom. The summed E-state index contributed by atoms with van der Waals surface area (Å²) in [4.78, 5) is 12.3. The fourth-order valence-corrected chi connectivity index (χ4v) is 4.46. The van der Waals surface area contributed by atoms with Gasteiger partial charge in [-0.15, -0.1) is 0 Å². The predicted octanol–water partition coefficient (Wildman–Crippen LogP) is 5.69. The van der Waals surface area contributed by atoms with Crippen LogP contribution in [-0.4, -0.2) is 16.4 Å². The summed E-state index contributed by atoms with van der Waals surface area (Å²) in [5, 5.41) is 4.93. The van der Waals surface area contributed by atoms with Gasteiger partial charge in [-0.05, 0) is 51.8 Å². The lowest BCUT2D eigenvalue weighted by Gasteiger charge is -2.28. The van der Waals surface area contributed by atoms with E-state index < -0.39 is 0 Å². The van der Waals surface area contributed by atoms with Crippen molar-refractivity contribution >= 4 is 22.4 Å². The highest BCUT2D eigenvalue weighted by atomic mass is 16.1. The highest BCUT2D eigenvalue weighted by molar-refractivity contribution is 5.96. The molecule has 0 bridgehead atoms. The van der Waals surface area contributed by atoms with Crippen molar-refractivity contribution in [3.05, 3.63) is 53.6 Å². The number of fused-ring (bicyclic) bond motifs is 2. The van der Waals surface area contributed by atoms with Crippen molar-refractivity contribution in [2.24, 2.45) is 0 Å². The Labute approximate surface area is 161 Å². The van der Waals surface area contributed by atoms with Crippen LogP contribution in [-0.2, 0) is 16.8 Å². The van der Waals surface area contributed by atoms with Gasteiger partial charge in [0, 0.05) is 46.6 Å². The predicted molar refractivity (Wildman–Crippen MR) is 114 cm³/mol. The van der Waals surface area contributed by atoms with Crippen molar-refractivity contribution in [2.45, 2.75) is 59.0 Å². The number of nitrogens with zero attached hydrogens (tertiary/aromatic N) is 1. The number of hydrogen-bond donors (Lipinski definition) is 1. The SMILES string of the molecule is Cc1c(-c2cccc3c2N[C@H](C)CC(=O)C3)n(C(C)(C)C)c2ccccc12. The van der Waals surface area contributed by atoms with E-state index >= 15 is 0 Å². The third kappa shape index (κ3) is 2.95. The largest absolute Gasteiger partial charge is 0.381 e. The molecular weight excluding hydrogens is 332 g/mol. The van der Waals surface area contributed by atoms with Gasteiger partial charge < -0.3 is 9.88 Å². The molecule has 0 fully saturated rings. The van der Waals surface area contributed by atoms with Gasteiger partial charge in [0.05, 0.1) is 5.69 Å². The number of hydrogen-bond acceptors (Lipinski definition) is 2. The van der Waals surface area contributed by atoms with Crippen LogP contribution < -0.4 is 5.32 Å². The van der Waals surface area contributed by atoms with Gasteiger partial charge in [0.1, 0.15) is 5.78 Å². The Kier molecular flexibility index (Phi) is 4.14. The quantitative estimate of drug-likeness (QED) is 0.605. The first-order valence-corrected chi connectivity index (χ1v) is 9.78. The topological polar surface area (TPSA) is 34.0 Å². The van der Waals surface area contributed by atoms with Crippen molar-refractivity contribution in [2.75, 3.05) is 5.32 Å². The number of nitrogens with one attached hydrogen (secondary N) is 1. The summed E-state index contributed by atoms with van der Waals surface area (Å²) in [5.41, 5.74) is 7.15. The zero-order chi connectivity index (χ0) is 19.3. The molecule has 0 spiro atoms. The molecule has 0 aliphatic carbocycles. The summed E-state index contributed by atoms with van der Waals surface area (Å²) in [6, 6.07) is 15.1. The Balaban J connectivity index is 2.06. The second kappa shape index (κ2) is 6.26. The first-order valence-electron chi connectivity index (χ1n) is 9.78. The number of carbonyl (C=O) groups excluding carboxylic acids is 1. The molecule has 1 atom stereocenters. The highest BCUT2D eigenvalue weighted by Gasteiger charge is 2.27. The van der Waals surface area contributed by atoms with Crippen LogP contribution >= 0.6 is 0 Å². The molecule has 4 rings (SSSR count). The first kappa shape index (κ1) is 17.8. The number of anilines is 1. The van der Waals surface area contributed by atoms with Gasteiger partial charge in [-0.2, -0.15) is 0 Å². The summed E-state index contributed by atoms with van der Waals surface area (Å²) in [7, 11) is 0. The number of aryl methyl sites for hydroxylation is 1. The molecule has 27 heavy (non-hydrogen) atoms. The summed E-state index contributed by atoms with van der Waals surface area (Å²) in [6.45, 7) is 11.1. The van der Waals surface area contributed by atoms with Gasteiger partial charge in [0.15, 0.2) is 0 Å². The minimum Gasteiger partial charge on any atom is -0.381 e. The molecule has 0 saturated heterocycles. The number of rotatable bonds is 1. The molecule has 0 amide bonds. The molecule has 1 aromatic heterocycles. The molecule has 3 nitrogen and oxygen atoms in total. The average molecular weight is 361 g/mol. The van der Waals surface area contributed by atoms with Crippen LogP contribution in [0.5, 0.6) is 0 Å². The molecule has 1 N–H and O–H groups in total. The smallest absolute Gasteiger partial charge is 0.139 e. The minimum absolute atomic E-state index is 0.0575. The van der Waals surface area contributed by atoms with Gasteiger partial charge in [-0.3, -0.25) is 4.79 Å². The maximum absolute atomic E-state index is 12.3. The number of para-hydroxylation sites is 2. The van der Waals surface area contributed by atoms with Crippen LogP contribution in [0.3, 0.4) is 0 Å². The molecule has 0 radical (unpaired) electrons. The average Bonchev–Trinajstić information content (AvgIpc) is 2.80. The van der Waals surface area contributed by atoms with Crippen LogP contribution in [0.25, 0.3) is 22.2 Å². The van der Waals surface area contributed by atoms with E-state index in [-0.39, 0.29) is 11.6 Å². The summed E-state index contributed by atoms with van der Waals surface area (Å²) >= 11 is 0. The maximum Gasteiger partial charge on any atom is 0.139 e. The van der Waals surface area contributed by atoms with Crippen molar-refractivity contribution in [1.82, 2.24) is 4.57 Å². The third-order valence-electron chi connectivity index (χ3n) is 5.52. The normalized spacial score (nSPS) is 17.5. The fourth-order valence-electron chi connectivity index (χ4n) is 4.46. The molecule has 0 saturated carbocycles. The van der Waals surface area contributed by atoms with E-state index in [4.69, 9.17) is 0 Å². The molecule has 3 aromatic rings. The molecule has 2 aromatic carbocycles. The number of benzene rings is 2. The van der Waals surface area contributed by atoms with Crippen LogP contribution in [0, 0.1) is 6.92 Å². The summed E-state index contributed by atoms with van der Waals surface area (Å²) in [5.74, 6) is 0.305. The zero-order valence-corrected chi connectivity index (χ0v) is 16.9. The van der Waals surface area contributed by atoms with Crippen molar-refractivity contribution in [3.63, 3.8) is 0 Å². The lowest BCUT2D eigenvalue weighted by molar-refractivity contribution is -0.118. The van der Waals surface area contributed by atoms with Crippen LogP contribution in [0.2, 0.25) is 0 Å². The fraction of sp³-hybridized carbons (Fsp3) is 0.375. The first-order chi connectivity index (χ1) is 12.8. The third-order valence-corrected chi connectivity index (χ3v) is 5.52. The van der Waals surface area contributed by atoms with Crippen molar-refractivity contribution in [3.8, 4) is 11.3 Å². The molecule has 1 aliphatic heterocycles. The van der Waals surface area contributed by atoms with Gasteiger partial charge in [0.25, 0.3) is 0 Å². The Bertz CT molecular complexity index is 1040. The Hall–Kier alpha value is -2.55. The minimum atomic E-state index is -0.0575. The molecule has 0 unspecified atom stereocenters. The van der Waals surface area contributed by atoms with Crippen molar-refractivity contribution in [1.29, 1.82) is 0 Å². The molecule has 1 aliphatic rings. The number of Topliss-reactive ketones (excluding diaryl/α,β-unsaturated/α-hetero) is 1. The van der Waals surface area contributed by atoms with E-state index in [9.17, 15) is 4.79 Å². The summed E-state index contributed by atoms with van der Waals surface area (Å²) in [6.07, 6.45) is 1.09.